The molecule has 8 nitrogen and oxygen atoms in total. The number of nitrogens with zero attached hydrogens (tertiary/aromatic N) is 3. The predicted octanol–water partition coefficient (Wildman–Crippen LogP) is 1.80. The number of ether oxygens (including phenoxy) is 2. The smallest absolute Gasteiger partial charge is 0.191 e. The van der Waals surface area contributed by atoms with Gasteiger partial charge in [-0.05, 0) is 31.2 Å². The van der Waals surface area contributed by atoms with Crippen LogP contribution in [-0.4, -0.2) is 55.1 Å². The number of hydrogen-bond donors (Lipinski definition) is 3. The Morgan fingerprint density at radius 1 is 1.28 bits per heavy atom. The number of aromatic nitrogens is 3. The normalized spacial score (nSPS) is 12.2. The van der Waals surface area contributed by atoms with Crippen molar-refractivity contribution in [3.63, 3.8) is 0 Å². The van der Waals surface area contributed by atoms with Crippen molar-refractivity contribution < 1.29 is 9.47 Å². The molecule has 0 spiro atoms. The first-order valence-electron chi connectivity index (χ1n) is 7.68. The second kappa shape index (κ2) is 10.9. The Morgan fingerprint density at radius 3 is 2.60 bits per heavy atom. The Balaban J connectivity index is 0.00000312. The van der Waals surface area contributed by atoms with Crippen molar-refractivity contribution in [3.05, 3.63) is 30.1 Å². The molecule has 2 rings (SSSR count). The van der Waals surface area contributed by atoms with E-state index < -0.39 is 0 Å². The van der Waals surface area contributed by atoms with Crippen LogP contribution in [0.4, 0.5) is 0 Å². The number of halogens is 1. The summed E-state index contributed by atoms with van der Waals surface area (Å²) in [4.78, 5) is 8.65. The van der Waals surface area contributed by atoms with Gasteiger partial charge in [-0.2, -0.15) is 5.10 Å². The molecule has 0 bridgehead atoms. The van der Waals surface area contributed by atoms with Crippen LogP contribution in [-0.2, 0) is 11.3 Å². The Morgan fingerprint density at radius 2 is 2.00 bits per heavy atom. The maximum absolute atomic E-state index is 5.15. The molecule has 1 aromatic heterocycles. The predicted molar refractivity (Wildman–Crippen MR) is 108 cm³/mol. The number of benzene rings is 1. The number of aliphatic imine (C=N–C) groups is 1. The minimum Gasteiger partial charge on any atom is -0.497 e. The SMILES string of the molecule is CN=C(NCc1nc(-c2ccc(OC)cc2)n[nH]1)NC(C)COC.I. The van der Waals surface area contributed by atoms with Gasteiger partial charge in [0.1, 0.15) is 11.6 Å². The van der Waals surface area contributed by atoms with Crippen LogP contribution in [0.3, 0.4) is 0 Å². The summed E-state index contributed by atoms with van der Waals surface area (Å²) >= 11 is 0. The van der Waals surface area contributed by atoms with Crippen molar-refractivity contribution in [3.8, 4) is 17.1 Å². The van der Waals surface area contributed by atoms with Gasteiger partial charge >= 0.3 is 0 Å². The first kappa shape index (κ1) is 21.2. The molecular formula is C16H25IN6O2. The average Bonchev–Trinajstić information content (AvgIpc) is 3.08. The lowest BCUT2D eigenvalue weighted by atomic mass is 10.2. The van der Waals surface area contributed by atoms with Crippen LogP contribution in [0.1, 0.15) is 12.7 Å². The van der Waals surface area contributed by atoms with Crippen LogP contribution in [0.2, 0.25) is 0 Å². The summed E-state index contributed by atoms with van der Waals surface area (Å²) in [7, 11) is 5.03. The maximum atomic E-state index is 5.15. The zero-order valence-corrected chi connectivity index (χ0v) is 17.2. The van der Waals surface area contributed by atoms with Gasteiger partial charge in [0.05, 0.1) is 20.3 Å². The van der Waals surface area contributed by atoms with Crippen molar-refractivity contribution in [2.75, 3.05) is 27.9 Å². The average molecular weight is 460 g/mol. The second-order valence-electron chi connectivity index (χ2n) is 5.26. The molecule has 9 heteroatoms. The van der Waals surface area contributed by atoms with Gasteiger partial charge < -0.3 is 20.1 Å². The summed E-state index contributed by atoms with van der Waals surface area (Å²) in [5.74, 6) is 2.85. The highest BCUT2D eigenvalue weighted by atomic mass is 127. The zero-order chi connectivity index (χ0) is 17.4. The van der Waals surface area contributed by atoms with Crippen molar-refractivity contribution >= 4 is 29.9 Å². The molecule has 1 unspecified atom stereocenters. The molecule has 138 valence electrons. The van der Waals surface area contributed by atoms with Crippen LogP contribution in [0.15, 0.2) is 29.3 Å². The van der Waals surface area contributed by atoms with E-state index >= 15 is 0 Å². The van der Waals surface area contributed by atoms with Crippen molar-refractivity contribution in [2.24, 2.45) is 4.99 Å². The van der Waals surface area contributed by atoms with E-state index in [0.29, 0.717) is 24.9 Å². The second-order valence-corrected chi connectivity index (χ2v) is 5.26. The number of nitrogens with one attached hydrogen (secondary N) is 3. The Bertz CT molecular complexity index is 659. The summed E-state index contributed by atoms with van der Waals surface area (Å²) in [6.07, 6.45) is 0. The molecule has 0 fully saturated rings. The molecule has 0 radical (unpaired) electrons. The van der Waals surface area contributed by atoms with Crippen LogP contribution < -0.4 is 15.4 Å². The molecule has 1 aromatic carbocycles. The molecule has 0 aliphatic carbocycles. The molecule has 0 saturated carbocycles. The molecule has 25 heavy (non-hydrogen) atoms. The fourth-order valence-corrected chi connectivity index (χ4v) is 2.13. The Hall–Kier alpha value is -1.88. The van der Waals surface area contributed by atoms with Crippen molar-refractivity contribution in [1.82, 2.24) is 25.8 Å². The molecule has 0 saturated heterocycles. The van der Waals surface area contributed by atoms with E-state index in [2.05, 4.69) is 30.8 Å². The van der Waals surface area contributed by atoms with E-state index in [4.69, 9.17) is 9.47 Å². The van der Waals surface area contributed by atoms with Gasteiger partial charge in [0.2, 0.25) is 0 Å². The highest BCUT2D eigenvalue weighted by Crippen LogP contribution is 2.18. The number of methoxy groups -OCH3 is 2. The number of aromatic amines is 1. The third kappa shape index (κ3) is 6.50. The van der Waals surface area contributed by atoms with Gasteiger partial charge in [0.15, 0.2) is 11.8 Å². The van der Waals surface area contributed by atoms with E-state index in [0.717, 1.165) is 17.1 Å². The van der Waals surface area contributed by atoms with Crippen LogP contribution in [0, 0.1) is 0 Å². The highest BCUT2D eigenvalue weighted by molar-refractivity contribution is 14.0. The molecule has 0 aliphatic heterocycles. The lowest BCUT2D eigenvalue weighted by molar-refractivity contribution is 0.179. The van der Waals surface area contributed by atoms with Gasteiger partial charge in [0.25, 0.3) is 0 Å². The molecule has 0 aliphatic rings. The van der Waals surface area contributed by atoms with Crippen molar-refractivity contribution in [2.45, 2.75) is 19.5 Å². The van der Waals surface area contributed by atoms with Crippen LogP contribution >= 0.6 is 24.0 Å². The summed E-state index contributed by atoms with van der Waals surface area (Å²) in [6, 6.07) is 7.77. The number of hydrogen-bond acceptors (Lipinski definition) is 5. The summed E-state index contributed by atoms with van der Waals surface area (Å²) in [6.45, 7) is 3.11. The van der Waals surface area contributed by atoms with E-state index in [1.54, 1.807) is 21.3 Å². The van der Waals surface area contributed by atoms with Crippen LogP contribution in [0.25, 0.3) is 11.4 Å². The third-order valence-corrected chi connectivity index (χ3v) is 3.33. The summed E-state index contributed by atoms with van der Waals surface area (Å²) < 4.78 is 10.2. The molecule has 1 atom stereocenters. The van der Waals surface area contributed by atoms with E-state index in [1.165, 1.54) is 0 Å². The van der Waals surface area contributed by atoms with E-state index in [1.807, 2.05) is 31.2 Å². The van der Waals surface area contributed by atoms with E-state index in [9.17, 15) is 0 Å². The summed E-state index contributed by atoms with van der Waals surface area (Å²) in [5.41, 5.74) is 0.925. The minimum atomic E-state index is 0. The van der Waals surface area contributed by atoms with Gasteiger partial charge in [-0.1, -0.05) is 0 Å². The highest BCUT2D eigenvalue weighted by Gasteiger charge is 2.08. The molecule has 2 aromatic rings. The molecule has 3 N–H and O–H groups in total. The third-order valence-electron chi connectivity index (χ3n) is 3.33. The van der Waals surface area contributed by atoms with E-state index in [-0.39, 0.29) is 30.0 Å². The minimum absolute atomic E-state index is 0. The van der Waals surface area contributed by atoms with Gasteiger partial charge in [-0.15, -0.1) is 24.0 Å². The number of rotatable bonds is 7. The molecular weight excluding hydrogens is 435 g/mol. The zero-order valence-electron chi connectivity index (χ0n) is 14.9. The number of H-pyrrole nitrogens is 1. The van der Waals surface area contributed by atoms with Gasteiger partial charge in [-0.3, -0.25) is 10.1 Å². The lowest BCUT2D eigenvalue weighted by Crippen LogP contribution is -2.43. The quantitative estimate of drug-likeness (QED) is 0.331. The summed E-state index contributed by atoms with van der Waals surface area (Å²) in [5, 5.41) is 13.6. The van der Waals surface area contributed by atoms with Crippen molar-refractivity contribution in [1.29, 1.82) is 0 Å². The van der Waals surface area contributed by atoms with Gasteiger partial charge in [0, 0.05) is 25.8 Å². The topological polar surface area (TPSA) is 96.5 Å². The van der Waals surface area contributed by atoms with Crippen LogP contribution in [0.5, 0.6) is 5.75 Å². The maximum Gasteiger partial charge on any atom is 0.191 e. The fraction of sp³-hybridized carbons (Fsp3) is 0.438. The largest absolute Gasteiger partial charge is 0.497 e. The Kier molecular flexibility index (Phi) is 9.21. The first-order valence-corrected chi connectivity index (χ1v) is 7.68. The fourth-order valence-electron chi connectivity index (χ4n) is 2.13. The molecule has 1 heterocycles. The van der Waals surface area contributed by atoms with Gasteiger partial charge in [-0.25, -0.2) is 4.98 Å². The lowest BCUT2D eigenvalue weighted by Gasteiger charge is -2.16. The monoisotopic (exact) mass is 460 g/mol. The molecule has 0 amide bonds. The number of guanidine groups is 1. The first-order chi connectivity index (χ1) is 11.7. The Labute approximate surface area is 164 Å². The standard InChI is InChI=1S/C16H24N6O2.HI/c1-11(10-23-3)19-16(17-2)18-9-14-20-15(22-21-14)12-5-7-13(24-4)8-6-12;/h5-8,11H,9-10H2,1-4H3,(H2,17,18,19)(H,20,21,22);1H.